The Bertz CT molecular complexity index is 555. The maximum atomic E-state index is 11.4. The number of amides is 1. The fraction of sp³-hybridized carbons (Fsp3) is 0.200. The van der Waals surface area contributed by atoms with Crippen LogP contribution in [0, 0.1) is 0 Å². The fourth-order valence-corrected chi connectivity index (χ4v) is 2.23. The lowest BCUT2D eigenvalue weighted by atomic mass is 10.4. The first kappa shape index (κ1) is 11.2. The van der Waals surface area contributed by atoms with Gasteiger partial charge in [-0.1, -0.05) is 11.6 Å². The molecule has 2 rings (SSSR count). The number of hydrogen-bond donors (Lipinski definition) is 0. The highest BCUT2D eigenvalue weighted by Crippen LogP contribution is 2.22. The van der Waals surface area contributed by atoms with Crippen molar-refractivity contribution in [2.24, 2.45) is 0 Å². The van der Waals surface area contributed by atoms with Crippen LogP contribution in [-0.4, -0.2) is 34.3 Å². The topological polar surface area (TPSA) is 37.6 Å². The minimum absolute atomic E-state index is 0.0822. The molecule has 0 aliphatic carbocycles. The number of likely N-dealkylation sites (N-methyl/N-ethyl adjacent to an activating group) is 1. The minimum atomic E-state index is -0.0822. The summed E-state index contributed by atoms with van der Waals surface area (Å²) < 4.78 is 1.85. The second-order valence-corrected chi connectivity index (χ2v) is 4.64. The van der Waals surface area contributed by atoms with Crippen molar-refractivity contribution in [3.8, 4) is 0 Å². The van der Waals surface area contributed by atoms with Crippen LogP contribution in [0.5, 0.6) is 0 Å². The Morgan fingerprint density at radius 2 is 2.38 bits per heavy atom. The normalized spacial score (nSPS) is 11.4. The van der Waals surface area contributed by atoms with Crippen LogP contribution in [0.3, 0.4) is 0 Å². The smallest absolute Gasteiger partial charge is 0.246 e. The SMILES string of the molecule is CN(C)C(=O)C=Cc1c(Cl)nc2sccn12. The molecule has 0 saturated carbocycles. The first-order valence-corrected chi connectivity index (χ1v) is 5.86. The van der Waals surface area contributed by atoms with Crippen LogP contribution in [0.2, 0.25) is 5.15 Å². The predicted octanol–water partition coefficient (Wildman–Crippen LogP) is 2.15. The number of imidazole rings is 1. The fourth-order valence-electron chi connectivity index (χ4n) is 1.23. The highest BCUT2D eigenvalue weighted by Gasteiger charge is 2.08. The molecule has 0 bridgehead atoms. The van der Waals surface area contributed by atoms with E-state index in [9.17, 15) is 4.79 Å². The van der Waals surface area contributed by atoms with Crippen molar-refractivity contribution in [2.75, 3.05) is 14.1 Å². The maximum absolute atomic E-state index is 11.4. The Balaban J connectivity index is 2.36. The molecule has 1 amide bonds. The zero-order chi connectivity index (χ0) is 11.7. The molecule has 2 heterocycles. The summed E-state index contributed by atoms with van der Waals surface area (Å²) in [5.74, 6) is -0.0822. The first-order chi connectivity index (χ1) is 7.59. The number of carbonyl (C=O) groups is 1. The third-order valence-electron chi connectivity index (χ3n) is 2.08. The first-order valence-electron chi connectivity index (χ1n) is 4.60. The van der Waals surface area contributed by atoms with E-state index in [2.05, 4.69) is 4.98 Å². The largest absolute Gasteiger partial charge is 0.345 e. The standard InChI is InChI=1S/C10H10ClN3OS/c1-13(2)8(15)4-3-7-9(11)12-10-14(7)5-6-16-10/h3-6H,1-2H3. The van der Waals surface area contributed by atoms with Crippen LogP contribution < -0.4 is 0 Å². The van der Waals surface area contributed by atoms with Gasteiger partial charge < -0.3 is 4.90 Å². The number of aromatic nitrogens is 2. The van der Waals surface area contributed by atoms with Crippen molar-refractivity contribution in [3.63, 3.8) is 0 Å². The van der Waals surface area contributed by atoms with Gasteiger partial charge in [-0.25, -0.2) is 4.98 Å². The van der Waals surface area contributed by atoms with Crippen molar-refractivity contribution in [1.29, 1.82) is 0 Å². The molecule has 6 heteroatoms. The monoisotopic (exact) mass is 255 g/mol. The zero-order valence-corrected chi connectivity index (χ0v) is 10.4. The van der Waals surface area contributed by atoms with Gasteiger partial charge in [0.25, 0.3) is 0 Å². The molecule has 0 aliphatic heterocycles. The highest BCUT2D eigenvalue weighted by atomic mass is 35.5. The molecule has 0 atom stereocenters. The second-order valence-electron chi connectivity index (χ2n) is 3.41. The van der Waals surface area contributed by atoms with Gasteiger partial charge in [-0.3, -0.25) is 9.20 Å². The molecular formula is C10H10ClN3OS. The van der Waals surface area contributed by atoms with Crippen LogP contribution >= 0.6 is 22.9 Å². The third-order valence-corrected chi connectivity index (χ3v) is 3.11. The summed E-state index contributed by atoms with van der Waals surface area (Å²) in [5, 5.41) is 2.33. The average molecular weight is 256 g/mol. The second kappa shape index (κ2) is 4.27. The van der Waals surface area contributed by atoms with E-state index in [1.807, 2.05) is 16.0 Å². The summed E-state index contributed by atoms with van der Waals surface area (Å²) in [4.78, 5) is 17.9. The number of nitrogens with zero attached hydrogens (tertiary/aromatic N) is 3. The minimum Gasteiger partial charge on any atom is -0.345 e. The predicted molar refractivity (Wildman–Crippen MR) is 65.8 cm³/mol. The van der Waals surface area contributed by atoms with Crippen molar-refractivity contribution < 1.29 is 4.79 Å². The third kappa shape index (κ3) is 1.96. The Labute approximate surface area is 102 Å². The van der Waals surface area contributed by atoms with Gasteiger partial charge in [0.1, 0.15) is 0 Å². The van der Waals surface area contributed by atoms with E-state index in [0.29, 0.717) is 5.15 Å². The van der Waals surface area contributed by atoms with Crippen molar-refractivity contribution in [3.05, 3.63) is 28.5 Å². The average Bonchev–Trinajstić information content (AvgIpc) is 2.75. The summed E-state index contributed by atoms with van der Waals surface area (Å²) in [6, 6.07) is 0. The quantitative estimate of drug-likeness (QED) is 0.771. The van der Waals surface area contributed by atoms with Crippen LogP contribution in [-0.2, 0) is 4.79 Å². The molecule has 0 spiro atoms. The van der Waals surface area contributed by atoms with Crippen LogP contribution in [0.4, 0.5) is 0 Å². The Hall–Kier alpha value is -1.33. The molecule has 2 aromatic heterocycles. The number of halogens is 1. The van der Waals surface area contributed by atoms with Gasteiger partial charge in [0.2, 0.25) is 5.91 Å². The highest BCUT2D eigenvalue weighted by molar-refractivity contribution is 7.15. The van der Waals surface area contributed by atoms with Gasteiger partial charge in [-0.15, -0.1) is 11.3 Å². The number of rotatable bonds is 2. The van der Waals surface area contributed by atoms with E-state index in [1.54, 1.807) is 20.2 Å². The summed E-state index contributed by atoms with van der Waals surface area (Å²) in [6.07, 6.45) is 5.03. The number of thiazole rings is 1. The molecule has 0 radical (unpaired) electrons. The molecule has 0 fully saturated rings. The molecule has 4 nitrogen and oxygen atoms in total. The summed E-state index contributed by atoms with van der Waals surface area (Å²) in [6.45, 7) is 0. The van der Waals surface area contributed by atoms with Gasteiger partial charge in [0.05, 0.1) is 5.69 Å². The van der Waals surface area contributed by atoms with E-state index in [1.165, 1.54) is 22.3 Å². The molecular weight excluding hydrogens is 246 g/mol. The zero-order valence-electron chi connectivity index (χ0n) is 8.85. The van der Waals surface area contributed by atoms with Crippen LogP contribution in [0.25, 0.3) is 11.0 Å². The van der Waals surface area contributed by atoms with E-state index < -0.39 is 0 Å². The lowest BCUT2D eigenvalue weighted by Crippen LogP contribution is -2.18. The molecule has 0 unspecified atom stereocenters. The lowest BCUT2D eigenvalue weighted by Gasteiger charge is -2.04. The van der Waals surface area contributed by atoms with Gasteiger partial charge in [0, 0.05) is 31.7 Å². The number of carbonyl (C=O) groups excluding carboxylic acids is 1. The van der Waals surface area contributed by atoms with E-state index in [4.69, 9.17) is 11.6 Å². The van der Waals surface area contributed by atoms with Gasteiger partial charge in [-0.2, -0.15) is 0 Å². The molecule has 2 aromatic rings. The lowest BCUT2D eigenvalue weighted by molar-refractivity contribution is -0.123. The van der Waals surface area contributed by atoms with Crippen LogP contribution in [0.1, 0.15) is 5.69 Å². The molecule has 0 aromatic carbocycles. The number of fused-ring (bicyclic) bond motifs is 1. The molecule has 0 aliphatic rings. The molecule has 0 N–H and O–H groups in total. The van der Waals surface area contributed by atoms with Gasteiger partial charge in [-0.05, 0) is 6.08 Å². The summed E-state index contributed by atoms with van der Waals surface area (Å²) >= 11 is 7.47. The summed E-state index contributed by atoms with van der Waals surface area (Å²) in [5.41, 5.74) is 0.730. The molecule has 16 heavy (non-hydrogen) atoms. The van der Waals surface area contributed by atoms with Gasteiger partial charge in [0.15, 0.2) is 10.1 Å². The van der Waals surface area contributed by atoms with Crippen molar-refractivity contribution >= 4 is 39.9 Å². The van der Waals surface area contributed by atoms with Crippen molar-refractivity contribution in [1.82, 2.24) is 14.3 Å². The van der Waals surface area contributed by atoms with Gasteiger partial charge >= 0.3 is 0 Å². The van der Waals surface area contributed by atoms with Crippen LogP contribution in [0.15, 0.2) is 17.7 Å². The Kier molecular flexibility index (Phi) is 2.98. The van der Waals surface area contributed by atoms with E-state index in [-0.39, 0.29) is 5.91 Å². The Morgan fingerprint density at radius 1 is 1.62 bits per heavy atom. The molecule has 84 valence electrons. The summed E-state index contributed by atoms with van der Waals surface area (Å²) in [7, 11) is 3.40. The van der Waals surface area contributed by atoms with E-state index in [0.717, 1.165) is 10.7 Å². The Morgan fingerprint density at radius 3 is 3.06 bits per heavy atom. The van der Waals surface area contributed by atoms with Crippen molar-refractivity contribution in [2.45, 2.75) is 0 Å². The maximum Gasteiger partial charge on any atom is 0.246 e. The number of hydrogen-bond acceptors (Lipinski definition) is 3. The molecule has 0 saturated heterocycles. The van der Waals surface area contributed by atoms with E-state index >= 15 is 0 Å².